The minimum Gasteiger partial charge on any atom is -0.375 e. The topological polar surface area (TPSA) is 86.4 Å². The molecule has 0 radical (unpaired) electrons. The first-order chi connectivity index (χ1) is 16.5. The molecule has 0 atom stereocenters. The number of carbonyl (C=O) groups excluding carboxylic acids is 1. The third kappa shape index (κ3) is 7.42. The highest BCUT2D eigenvalue weighted by atomic mass is 16.5. The lowest BCUT2D eigenvalue weighted by atomic mass is 10.0. The van der Waals surface area contributed by atoms with Gasteiger partial charge in [-0.25, -0.2) is 5.48 Å². The normalized spacial score (nSPS) is 12.8. The molecular formula is C28H35N3O3. The summed E-state index contributed by atoms with van der Waals surface area (Å²) in [4.78, 5) is 14.5. The van der Waals surface area contributed by atoms with E-state index in [0.717, 1.165) is 44.5 Å². The van der Waals surface area contributed by atoms with Crippen molar-refractivity contribution in [2.45, 2.75) is 46.3 Å². The van der Waals surface area contributed by atoms with Gasteiger partial charge in [-0.05, 0) is 67.1 Å². The van der Waals surface area contributed by atoms with Crippen LogP contribution in [0.5, 0.6) is 0 Å². The van der Waals surface area contributed by atoms with Gasteiger partial charge in [-0.1, -0.05) is 48.9 Å². The van der Waals surface area contributed by atoms with Crippen molar-refractivity contribution >= 4 is 22.9 Å². The minimum absolute atomic E-state index is 0.540. The van der Waals surface area contributed by atoms with Gasteiger partial charge in [0.15, 0.2) is 0 Å². The van der Waals surface area contributed by atoms with Gasteiger partial charge in [-0.3, -0.25) is 10.0 Å². The minimum atomic E-state index is -0.540. The van der Waals surface area contributed by atoms with Gasteiger partial charge in [0.05, 0.1) is 13.2 Å². The molecule has 0 spiro atoms. The lowest BCUT2D eigenvalue weighted by Gasteiger charge is -2.11. The maximum absolute atomic E-state index is 11.0. The summed E-state index contributed by atoms with van der Waals surface area (Å²) in [7, 11) is 0. The smallest absolute Gasteiger partial charge is 0.267 e. The second-order valence-corrected chi connectivity index (χ2v) is 8.55. The molecule has 1 amide bonds. The van der Waals surface area contributed by atoms with E-state index < -0.39 is 5.91 Å². The van der Waals surface area contributed by atoms with Gasteiger partial charge in [0.2, 0.25) is 0 Å². The molecule has 180 valence electrons. The van der Waals surface area contributed by atoms with Crippen molar-refractivity contribution in [3.8, 4) is 0 Å². The van der Waals surface area contributed by atoms with Crippen LogP contribution in [0.25, 0.3) is 17.0 Å². The molecule has 2 heterocycles. The predicted octanol–water partition coefficient (Wildman–Crippen LogP) is 5.06. The summed E-state index contributed by atoms with van der Waals surface area (Å²) >= 11 is 0. The van der Waals surface area contributed by atoms with Gasteiger partial charge < -0.3 is 15.0 Å². The molecule has 34 heavy (non-hydrogen) atoms. The maximum atomic E-state index is 11.0. The van der Waals surface area contributed by atoms with Crippen LogP contribution in [0.4, 0.5) is 0 Å². The second kappa shape index (κ2) is 12.9. The molecule has 6 nitrogen and oxygen atoms in total. The van der Waals surface area contributed by atoms with Crippen molar-refractivity contribution in [1.82, 2.24) is 15.8 Å². The van der Waals surface area contributed by atoms with Crippen molar-refractivity contribution < 1.29 is 14.7 Å². The molecule has 0 saturated heterocycles. The summed E-state index contributed by atoms with van der Waals surface area (Å²) in [6.07, 6.45) is 6.01. The quantitative estimate of drug-likeness (QED) is 0.124. The molecule has 1 aliphatic rings. The largest absolute Gasteiger partial charge is 0.375 e. The molecular weight excluding hydrogens is 426 g/mol. The number of amides is 1. The first kappa shape index (κ1) is 25.4. The van der Waals surface area contributed by atoms with E-state index in [2.05, 4.69) is 42.0 Å². The van der Waals surface area contributed by atoms with E-state index in [-0.39, 0.29) is 0 Å². The van der Waals surface area contributed by atoms with Gasteiger partial charge in [0.25, 0.3) is 5.91 Å². The number of nitrogens with one attached hydrogen (secondary N) is 3. The lowest BCUT2D eigenvalue weighted by Crippen LogP contribution is -2.16. The molecule has 6 heteroatoms. The zero-order valence-corrected chi connectivity index (χ0v) is 20.1. The van der Waals surface area contributed by atoms with Gasteiger partial charge >= 0.3 is 0 Å². The van der Waals surface area contributed by atoms with Crippen LogP contribution in [0, 0.1) is 0 Å². The number of aromatic amines is 1. The number of benzene rings is 2. The third-order valence-electron chi connectivity index (χ3n) is 5.84. The Morgan fingerprint density at radius 2 is 1.94 bits per heavy atom. The van der Waals surface area contributed by atoms with Crippen LogP contribution in [0.1, 0.15) is 48.2 Å². The Kier molecular flexibility index (Phi) is 9.64. The van der Waals surface area contributed by atoms with Crippen LogP contribution < -0.4 is 10.8 Å². The Hall–Kier alpha value is -3.19. The Labute approximate surface area is 201 Å². The molecule has 4 rings (SSSR count). The van der Waals surface area contributed by atoms with E-state index in [4.69, 9.17) is 9.94 Å². The molecule has 3 aromatic rings. The van der Waals surface area contributed by atoms with Crippen molar-refractivity contribution in [2.24, 2.45) is 0 Å². The first-order valence-corrected chi connectivity index (χ1v) is 11.8. The molecule has 0 fully saturated rings. The van der Waals surface area contributed by atoms with E-state index in [9.17, 15) is 4.79 Å². The van der Waals surface area contributed by atoms with Crippen LogP contribution in [-0.4, -0.2) is 29.3 Å². The number of ether oxygens (including phenoxy) is 1. The fourth-order valence-corrected chi connectivity index (χ4v) is 3.69. The van der Waals surface area contributed by atoms with Gasteiger partial charge in [0.1, 0.15) is 0 Å². The van der Waals surface area contributed by atoms with Crippen LogP contribution >= 0.6 is 0 Å². The molecule has 4 N–H and O–H groups in total. The van der Waals surface area contributed by atoms with Crippen molar-refractivity contribution in [1.29, 1.82) is 0 Å². The molecule has 0 bridgehead atoms. The van der Waals surface area contributed by atoms with Crippen molar-refractivity contribution in [3.63, 3.8) is 0 Å². The average molecular weight is 462 g/mol. The van der Waals surface area contributed by atoms with E-state index in [1.54, 1.807) is 11.6 Å². The summed E-state index contributed by atoms with van der Waals surface area (Å²) in [5.74, 6) is -0.540. The molecule has 2 aromatic carbocycles. The SMILES string of the molecule is C=C(C)CC.O=C(/C=C/c1ccc(CNCCc2ccc3c4c([nH]c3c2)COCC4)cc1)NO. The molecule has 1 aromatic heterocycles. The van der Waals surface area contributed by atoms with Crippen molar-refractivity contribution in [2.75, 3.05) is 13.2 Å². The number of aromatic nitrogens is 1. The fraction of sp³-hybridized carbons (Fsp3) is 0.321. The summed E-state index contributed by atoms with van der Waals surface area (Å²) in [6.45, 7) is 11.0. The molecule has 1 aliphatic heterocycles. The number of rotatable bonds is 8. The summed E-state index contributed by atoms with van der Waals surface area (Å²) in [6, 6.07) is 14.7. The van der Waals surface area contributed by atoms with Crippen LogP contribution in [0.2, 0.25) is 0 Å². The number of H-pyrrole nitrogens is 1. The predicted molar refractivity (Wildman–Crippen MR) is 138 cm³/mol. The average Bonchev–Trinajstić information content (AvgIpc) is 3.24. The van der Waals surface area contributed by atoms with E-state index in [1.807, 2.05) is 31.2 Å². The molecule has 0 unspecified atom stereocenters. The Morgan fingerprint density at radius 3 is 2.65 bits per heavy atom. The summed E-state index contributed by atoms with van der Waals surface area (Å²) in [5.41, 5.74) is 10.1. The zero-order valence-electron chi connectivity index (χ0n) is 20.1. The van der Waals surface area contributed by atoms with Crippen LogP contribution in [-0.2, 0) is 35.5 Å². The second-order valence-electron chi connectivity index (χ2n) is 8.55. The van der Waals surface area contributed by atoms with Gasteiger partial charge in [-0.15, -0.1) is 6.58 Å². The monoisotopic (exact) mass is 461 g/mol. The van der Waals surface area contributed by atoms with E-state index in [1.165, 1.54) is 44.9 Å². The van der Waals surface area contributed by atoms with Gasteiger partial charge in [-0.2, -0.15) is 0 Å². The number of hydrogen-bond donors (Lipinski definition) is 4. The molecule has 0 aliphatic carbocycles. The first-order valence-electron chi connectivity index (χ1n) is 11.8. The van der Waals surface area contributed by atoms with Gasteiger partial charge in [0, 0.05) is 29.2 Å². The number of carbonyl (C=O) groups is 1. The highest BCUT2D eigenvalue weighted by Crippen LogP contribution is 2.27. The lowest BCUT2D eigenvalue weighted by molar-refractivity contribution is -0.124. The summed E-state index contributed by atoms with van der Waals surface area (Å²) < 4.78 is 5.54. The standard InChI is InChI=1S/C23H25N3O3.C5H10/c27-23(26-28)8-6-16-1-3-18(4-2-16)14-24-11-9-17-5-7-19-20-10-12-29-15-22(20)25-21(19)13-17;1-4-5(2)3/h1-8,13,24-25,28H,9-12,14-15H2,(H,26,27);2,4H2,1,3H3/b8-6+;. The Balaban J connectivity index is 0.000000588. The van der Waals surface area contributed by atoms with Crippen LogP contribution in [0.3, 0.4) is 0 Å². The fourth-order valence-electron chi connectivity index (χ4n) is 3.69. The van der Waals surface area contributed by atoms with Crippen molar-refractivity contribution in [3.05, 3.63) is 88.6 Å². The van der Waals surface area contributed by atoms with Crippen LogP contribution in [0.15, 0.2) is 60.7 Å². The Morgan fingerprint density at radius 1 is 1.21 bits per heavy atom. The summed E-state index contributed by atoms with van der Waals surface area (Å²) in [5, 5.41) is 13.3. The highest BCUT2D eigenvalue weighted by Gasteiger charge is 2.15. The molecule has 0 saturated carbocycles. The number of hydroxylamine groups is 1. The highest BCUT2D eigenvalue weighted by molar-refractivity contribution is 5.90. The Bertz CT molecular complexity index is 1130. The third-order valence-corrected chi connectivity index (χ3v) is 5.84. The number of hydrogen-bond acceptors (Lipinski definition) is 4. The maximum Gasteiger partial charge on any atom is 0.267 e. The number of allylic oxidation sites excluding steroid dienone is 1. The zero-order chi connectivity index (χ0) is 24.3. The van der Waals surface area contributed by atoms with E-state index >= 15 is 0 Å². The van der Waals surface area contributed by atoms with E-state index in [0.29, 0.717) is 6.61 Å². The number of fused-ring (bicyclic) bond motifs is 3.